The van der Waals surface area contributed by atoms with Crippen LogP contribution in [0.3, 0.4) is 0 Å². The maximum absolute atomic E-state index is 12.3. The number of fused-ring (bicyclic) bond motifs is 2. The number of carbonyl (C=O) groups excluding carboxylic acids is 2. The zero-order chi connectivity index (χ0) is 15.7. The van der Waals surface area contributed by atoms with Crippen molar-refractivity contribution in [1.82, 2.24) is 0 Å². The number of carbonyl (C=O) groups is 2. The van der Waals surface area contributed by atoms with E-state index < -0.39 is 0 Å². The number of rotatable bonds is 3. The second-order valence-corrected chi connectivity index (χ2v) is 6.22. The second kappa shape index (κ2) is 6.08. The number of hydrogen-bond acceptors (Lipinski definition) is 4. The van der Waals surface area contributed by atoms with E-state index in [2.05, 4.69) is 7.05 Å². The van der Waals surface area contributed by atoms with E-state index in [1.54, 1.807) is 24.3 Å². The summed E-state index contributed by atoms with van der Waals surface area (Å²) >= 11 is 0. The van der Waals surface area contributed by atoms with E-state index in [0.717, 1.165) is 19.3 Å². The van der Waals surface area contributed by atoms with Crippen LogP contribution in [0, 0.1) is 5.92 Å². The predicted molar refractivity (Wildman–Crippen MR) is 79.5 cm³/mol. The number of esters is 2. The Labute approximate surface area is 130 Å². The maximum Gasteiger partial charge on any atom is 0.338 e. The molecule has 2 aliphatic rings. The van der Waals surface area contributed by atoms with Crippen molar-refractivity contribution < 1.29 is 24.0 Å². The molecule has 2 saturated heterocycles. The summed E-state index contributed by atoms with van der Waals surface area (Å²) < 4.78 is 10.7. The van der Waals surface area contributed by atoms with Crippen LogP contribution in [0.2, 0.25) is 0 Å². The van der Waals surface area contributed by atoms with E-state index in [0.29, 0.717) is 11.6 Å². The molecule has 118 valence electrons. The Morgan fingerprint density at radius 3 is 2.59 bits per heavy atom. The summed E-state index contributed by atoms with van der Waals surface area (Å²) in [5.41, 5.74) is 0.518. The number of hydrogen-bond donors (Lipinski definition) is 1. The zero-order valence-electron chi connectivity index (χ0n) is 13.0. The molecule has 2 aliphatic heterocycles. The summed E-state index contributed by atoms with van der Waals surface area (Å²) in [5.74, 6) is -0.995. The minimum absolute atomic E-state index is 0.180. The minimum atomic E-state index is -0.388. The lowest BCUT2D eigenvalue weighted by Gasteiger charge is -2.38. The van der Waals surface area contributed by atoms with Crippen LogP contribution in [0.25, 0.3) is 0 Å². The van der Waals surface area contributed by atoms with Crippen LogP contribution in [0.4, 0.5) is 0 Å². The van der Waals surface area contributed by atoms with Crippen LogP contribution < -0.4 is 4.90 Å². The molecule has 5 nitrogen and oxygen atoms in total. The number of quaternary nitrogens is 1. The van der Waals surface area contributed by atoms with Gasteiger partial charge in [-0.15, -0.1) is 0 Å². The van der Waals surface area contributed by atoms with Gasteiger partial charge in [0.05, 0.1) is 25.8 Å². The fourth-order valence-electron chi connectivity index (χ4n) is 3.94. The molecule has 2 fully saturated rings. The van der Waals surface area contributed by atoms with Crippen LogP contribution in [0.5, 0.6) is 0 Å². The summed E-state index contributed by atoms with van der Waals surface area (Å²) in [5, 5.41) is 0. The molecule has 2 heterocycles. The summed E-state index contributed by atoms with van der Waals surface area (Å²) in [4.78, 5) is 25.9. The average molecular weight is 304 g/mol. The lowest BCUT2D eigenvalue weighted by Crippen LogP contribution is -3.16. The zero-order valence-corrected chi connectivity index (χ0v) is 13.0. The Hall–Kier alpha value is -1.88. The van der Waals surface area contributed by atoms with Crippen molar-refractivity contribution in [1.29, 1.82) is 0 Å². The number of methoxy groups -OCH3 is 1. The molecule has 0 spiro atoms. The standard InChI is InChI=1S/C17H21NO4/c1-18-12-8-9-13(18)15(17(20)21-2)14(10-12)22-16(19)11-6-4-3-5-7-11/h3-7,12-15H,8-10H2,1-2H3/p+1/t12-,13+,14+,15-/m0/s1. The molecular weight excluding hydrogens is 282 g/mol. The van der Waals surface area contributed by atoms with Gasteiger partial charge in [-0.1, -0.05) is 18.2 Å². The minimum Gasteiger partial charge on any atom is -0.469 e. The van der Waals surface area contributed by atoms with Gasteiger partial charge in [0.15, 0.2) is 0 Å². The van der Waals surface area contributed by atoms with Gasteiger partial charge in [0.1, 0.15) is 18.1 Å². The number of ether oxygens (including phenoxy) is 2. The third-order valence-electron chi connectivity index (χ3n) is 5.15. The Morgan fingerprint density at radius 2 is 1.91 bits per heavy atom. The number of nitrogens with one attached hydrogen (secondary N) is 1. The van der Waals surface area contributed by atoms with Crippen molar-refractivity contribution in [2.24, 2.45) is 5.92 Å². The molecule has 0 amide bonds. The fourth-order valence-corrected chi connectivity index (χ4v) is 3.94. The Balaban J connectivity index is 1.79. The lowest BCUT2D eigenvalue weighted by molar-refractivity contribution is -0.926. The summed E-state index contributed by atoms with van der Waals surface area (Å²) in [6.45, 7) is 0. The average Bonchev–Trinajstić information content (AvgIpc) is 2.78. The first kappa shape index (κ1) is 15.0. The molecule has 22 heavy (non-hydrogen) atoms. The molecule has 0 radical (unpaired) electrons. The summed E-state index contributed by atoms with van der Waals surface area (Å²) in [7, 11) is 3.52. The molecule has 2 bridgehead atoms. The van der Waals surface area contributed by atoms with Crippen molar-refractivity contribution >= 4 is 11.9 Å². The number of benzene rings is 1. The normalized spacial score (nSPS) is 33.3. The Bertz CT molecular complexity index is 559. The first-order valence-electron chi connectivity index (χ1n) is 7.79. The molecule has 1 aromatic rings. The smallest absolute Gasteiger partial charge is 0.338 e. The van der Waals surface area contributed by atoms with Crippen molar-refractivity contribution in [2.45, 2.75) is 37.5 Å². The van der Waals surface area contributed by atoms with Crippen LogP contribution >= 0.6 is 0 Å². The summed E-state index contributed by atoms with van der Waals surface area (Å²) in [6.07, 6.45) is 2.39. The van der Waals surface area contributed by atoms with E-state index in [1.165, 1.54) is 12.0 Å². The molecular formula is C17H22NO4+. The summed E-state index contributed by atoms with van der Waals surface area (Å²) in [6, 6.07) is 9.55. The second-order valence-electron chi connectivity index (χ2n) is 6.22. The molecule has 5 atom stereocenters. The van der Waals surface area contributed by atoms with Crippen LogP contribution in [0.1, 0.15) is 29.6 Å². The monoisotopic (exact) mass is 304 g/mol. The number of piperidine rings is 1. The van der Waals surface area contributed by atoms with E-state index in [1.807, 2.05) is 6.07 Å². The van der Waals surface area contributed by atoms with Gasteiger partial charge in [-0.3, -0.25) is 4.79 Å². The van der Waals surface area contributed by atoms with E-state index >= 15 is 0 Å². The van der Waals surface area contributed by atoms with Gasteiger partial charge >= 0.3 is 11.9 Å². The van der Waals surface area contributed by atoms with Crippen molar-refractivity contribution in [3.63, 3.8) is 0 Å². The van der Waals surface area contributed by atoms with Gasteiger partial charge < -0.3 is 14.4 Å². The van der Waals surface area contributed by atoms with E-state index in [9.17, 15) is 9.59 Å². The molecule has 0 aliphatic carbocycles. The van der Waals surface area contributed by atoms with Crippen molar-refractivity contribution in [3.8, 4) is 0 Å². The highest BCUT2D eigenvalue weighted by molar-refractivity contribution is 5.89. The highest BCUT2D eigenvalue weighted by atomic mass is 16.6. The van der Waals surface area contributed by atoms with E-state index in [-0.39, 0.29) is 30.0 Å². The Morgan fingerprint density at radius 1 is 1.18 bits per heavy atom. The van der Waals surface area contributed by atoms with Crippen molar-refractivity contribution in [2.75, 3.05) is 14.2 Å². The highest BCUT2D eigenvalue weighted by Gasteiger charge is 2.54. The van der Waals surface area contributed by atoms with Gasteiger partial charge in [0, 0.05) is 19.3 Å². The van der Waals surface area contributed by atoms with Gasteiger partial charge in [0.25, 0.3) is 0 Å². The molecule has 0 saturated carbocycles. The lowest BCUT2D eigenvalue weighted by atomic mass is 9.87. The van der Waals surface area contributed by atoms with Gasteiger partial charge in [-0.05, 0) is 12.1 Å². The van der Waals surface area contributed by atoms with Gasteiger partial charge in [-0.2, -0.15) is 0 Å². The first-order valence-corrected chi connectivity index (χ1v) is 7.79. The SMILES string of the molecule is COC(=O)[C@H]1[C@H]2CC[C@@H](C[C@H]1OC(=O)c1ccccc1)[NH+]2C. The quantitative estimate of drug-likeness (QED) is 0.824. The largest absolute Gasteiger partial charge is 0.469 e. The highest BCUT2D eigenvalue weighted by Crippen LogP contribution is 2.31. The van der Waals surface area contributed by atoms with Crippen LogP contribution in [-0.2, 0) is 14.3 Å². The van der Waals surface area contributed by atoms with Gasteiger partial charge in [0.2, 0.25) is 0 Å². The third kappa shape index (κ3) is 2.61. The predicted octanol–water partition coefficient (Wildman–Crippen LogP) is 0.451. The molecule has 1 aromatic carbocycles. The van der Waals surface area contributed by atoms with Gasteiger partial charge in [-0.25, -0.2) is 4.79 Å². The fraction of sp³-hybridized carbons (Fsp3) is 0.529. The van der Waals surface area contributed by atoms with Crippen LogP contribution in [-0.4, -0.2) is 44.3 Å². The molecule has 1 unspecified atom stereocenters. The molecule has 0 aromatic heterocycles. The molecule has 1 N–H and O–H groups in total. The maximum atomic E-state index is 12.3. The Kier molecular flexibility index (Phi) is 4.16. The first-order chi connectivity index (χ1) is 10.6. The molecule has 3 rings (SSSR count). The van der Waals surface area contributed by atoms with Crippen LogP contribution in [0.15, 0.2) is 30.3 Å². The van der Waals surface area contributed by atoms with E-state index in [4.69, 9.17) is 9.47 Å². The van der Waals surface area contributed by atoms with Crippen molar-refractivity contribution in [3.05, 3.63) is 35.9 Å². The molecule has 5 heteroatoms. The third-order valence-corrected chi connectivity index (χ3v) is 5.15. The topological polar surface area (TPSA) is 57.0 Å².